The molecule has 0 aliphatic carbocycles. The molecule has 0 aliphatic rings. The summed E-state index contributed by atoms with van der Waals surface area (Å²) < 4.78 is 0. The van der Waals surface area contributed by atoms with Gasteiger partial charge in [0.25, 0.3) is 0 Å². The summed E-state index contributed by atoms with van der Waals surface area (Å²) in [6.45, 7) is 14.2. The molecular formula is C10H25W5-. The molecule has 0 saturated heterocycles. The molecule has 0 bridgehead atoms. The van der Waals surface area contributed by atoms with Crippen molar-refractivity contribution in [3.63, 3.8) is 0 Å². The van der Waals surface area contributed by atoms with Crippen molar-refractivity contribution in [2.45, 2.75) is 34.1 Å². The molecule has 5 heteroatoms. The molecule has 0 saturated carbocycles. The molecule has 0 fully saturated rings. The standard InChI is InChI=1S/C4H9.2C2H5.2CH3.5W/c1-3-4-2;2*1-2;;;;;;;/h3H,4H2,1-2H3;2*1H2,2H3;2*1H3;;;;;/q5*-1;;;;2*+2. The second kappa shape index (κ2) is 159. The van der Waals surface area contributed by atoms with E-state index in [9.17, 15) is 0 Å². The van der Waals surface area contributed by atoms with Gasteiger partial charge in [0.05, 0.1) is 0 Å². The van der Waals surface area contributed by atoms with Gasteiger partial charge in [-0.25, -0.2) is 0 Å². The van der Waals surface area contributed by atoms with Gasteiger partial charge >= 0.3 is 42.1 Å². The van der Waals surface area contributed by atoms with Crippen LogP contribution in [0.2, 0.25) is 0 Å². The zero-order valence-electron chi connectivity index (χ0n) is 10.7. The van der Waals surface area contributed by atoms with E-state index in [1.807, 2.05) is 0 Å². The van der Waals surface area contributed by atoms with Crippen molar-refractivity contribution in [3.8, 4) is 0 Å². The Hall–Kier alpha value is 3.44. The normalized spacial score (nSPS) is 2.80. The Balaban J connectivity index is -0.00000000267. The minimum atomic E-state index is 0. The smallest absolute Gasteiger partial charge is 0.358 e. The van der Waals surface area contributed by atoms with Gasteiger partial charge in [-0.2, -0.15) is 27.2 Å². The van der Waals surface area contributed by atoms with Crippen molar-refractivity contribution in [2.24, 2.45) is 0 Å². The van der Waals surface area contributed by atoms with E-state index in [1.54, 1.807) is 13.8 Å². The van der Waals surface area contributed by atoms with Crippen LogP contribution in [0.5, 0.6) is 0 Å². The molecule has 0 N–H and O–H groups in total. The van der Waals surface area contributed by atoms with Crippen molar-refractivity contribution < 1.29 is 105 Å². The third kappa shape index (κ3) is 211. The van der Waals surface area contributed by atoms with Crippen molar-refractivity contribution >= 4 is 0 Å². The molecule has 0 aliphatic heterocycles. The van der Waals surface area contributed by atoms with E-state index < -0.39 is 0 Å². The molecule has 0 atom stereocenters. The Morgan fingerprint density at radius 3 is 0.867 bits per heavy atom. The summed E-state index contributed by atoms with van der Waals surface area (Å²) in [4.78, 5) is 0. The molecule has 0 heterocycles. The van der Waals surface area contributed by atoms with Crippen LogP contribution in [0.4, 0.5) is 0 Å². The topological polar surface area (TPSA) is 0 Å². The van der Waals surface area contributed by atoms with Crippen LogP contribution in [-0.2, 0) is 105 Å². The summed E-state index contributed by atoms with van der Waals surface area (Å²) in [5, 5.41) is 0. The van der Waals surface area contributed by atoms with Gasteiger partial charge < -0.3 is 35.1 Å². The van der Waals surface area contributed by atoms with Crippen molar-refractivity contribution in [2.75, 3.05) is 0 Å². The van der Waals surface area contributed by atoms with E-state index in [0.717, 1.165) is 0 Å². The van der Waals surface area contributed by atoms with E-state index in [0.29, 0.717) is 0 Å². The molecule has 0 aromatic heterocycles. The van der Waals surface area contributed by atoms with Gasteiger partial charge in [-0.15, -0.1) is 0 Å². The first-order valence-corrected chi connectivity index (χ1v) is 3.11. The molecule has 0 radical (unpaired) electrons. The van der Waals surface area contributed by atoms with Crippen LogP contribution in [0.25, 0.3) is 0 Å². The molecule has 0 unspecified atom stereocenters. The fourth-order valence-corrected chi connectivity index (χ4v) is 0. The predicted molar refractivity (Wildman–Crippen MR) is 55.2 cm³/mol. The van der Waals surface area contributed by atoms with Gasteiger partial charge in [-0.3, -0.25) is 0 Å². The van der Waals surface area contributed by atoms with Gasteiger partial charge in [-0.05, 0) is 0 Å². The van der Waals surface area contributed by atoms with Gasteiger partial charge in [0.2, 0.25) is 0 Å². The molecule has 15 heavy (non-hydrogen) atoms. The third-order valence-electron chi connectivity index (χ3n) is 0.408. The van der Waals surface area contributed by atoms with Crippen LogP contribution in [0.1, 0.15) is 34.1 Å². The summed E-state index contributed by atoms with van der Waals surface area (Å²) in [5.74, 6) is 0. The fourth-order valence-electron chi connectivity index (χ4n) is 0. The van der Waals surface area contributed by atoms with Gasteiger partial charge in [0, 0.05) is 63.2 Å². The zero-order valence-corrected chi connectivity index (χ0v) is 25.4. The zero-order chi connectivity index (χ0) is 7.41. The van der Waals surface area contributed by atoms with Crippen LogP contribution in [0, 0.1) is 35.1 Å². The molecule has 0 aromatic rings. The maximum Gasteiger partial charge on any atom is 2.00 e. The minimum absolute atomic E-state index is 0. The second-order valence-corrected chi connectivity index (χ2v) is 0.816. The molecule has 96 valence electrons. The number of rotatable bonds is 1. The second-order valence-electron chi connectivity index (χ2n) is 0.816. The Morgan fingerprint density at radius 1 is 0.800 bits per heavy atom. The summed E-state index contributed by atoms with van der Waals surface area (Å²) >= 11 is 0. The van der Waals surface area contributed by atoms with Crippen LogP contribution in [0.3, 0.4) is 0 Å². The van der Waals surface area contributed by atoms with E-state index in [1.165, 1.54) is 6.42 Å². The predicted octanol–water partition coefficient (Wildman–Crippen LogP) is 4.19. The average Bonchev–Trinajstić information content (AvgIpc) is 1.96. The van der Waals surface area contributed by atoms with E-state index >= 15 is 0 Å². The first kappa shape index (κ1) is 78.7. The molecule has 0 spiro atoms. The Labute approximate surface area is 172 Å². The average molecular weight is 1060 g/mol. The number of unbranched alkanes of at least 4 members (excludes halogenated alkanes) is 1. The van der Waals surface area contributed by atoms with Crippen molar-refractivity contribution in [1.29, 1.82) is 0 Å². The Kier molecular flexibility index (Phi) is 836. The Bertz CT molecular complexity index is 15.8. The SMILES string of the molecule is C[CH-]CC.[CH2-]C.[CH2-]C.[CH3-].[CH3-].[W+2].[W+2].[W].[W].[W]. The number of hydrogen-bond donors (Lipinski definition) is 0. The van der Waals surface area contributed by atoms with Crippen molar-refractivity contribution in [1.82, 2.24) is 0 Å². The molecule has 0 aromatic carbocycles. The molecular weight excluding hydrogens is 1040 g/mol. The maximum atomic E-state index is 3.25. The molecule has 0 rings (SSSR count). The molecule has 0 nitrogen and oxygen atoms in total. The van der Waals surface area contributed by atoms with E-state index in [2.05, 4.69) is 34.1 Å². The first-order chi connectivity index (χ1) is 3.91. The van der Waals surface area contributed by atoms with Gasteiger partial charge in [0.1, 0.15) is 0 Å². The summed E-state index contributed by atoms with van der Waals surface area (Å²) in [6.07, 6.45) is 3.32. The van der Waals surface area contributed by atoms with Gasteiger partial charge in [-0.1, -0.05) is 6.92 Å². The largest absolute Gasteiger partial charge is 2.00 e. The van der Waals surface area contributed by atoms with Crippen LogP contribution >= 0.6 is 0 Å². The third-order valence-corrected chi connectivity index (χ3v) is 0.408. The van der Waals surface area contributed by atoms with Crippen molar-refractivity contribution in [3.05, 3.63) is 35.1 Å². The Morgan fingerprint density at radius 2 is 0.867 bits per heavy atom. The summed E-state index contributed by atoms with van der Waals surface area (Å²) in [7, 11) is 0. The quantitative estimate of drug-likeness (QED) is 0.347. The summed E-state index contributed by atoms with van der Waals surface area (Å²) in [5.41, 5.74) is 0. The van der Waals surface area contributed by atoms with Crippen LogP contribution < -0.4 is 0 Å². The fraction of sp³-hybridized carbons (Fsp3) is 0.500. The molecule has 0 amide bonds. The van der Waals surface area contributed by atoms with E-state index in [4.69, 9.17) is 0 Å². The van der Waals surface area contributed by atoms with E-state index in [-0.39, 0.29) is 120 Å². The maximum absolute atomic E-state index is 3.25. The number of hydrogen-bond acceptors (Lipinski definition) is 0. The summed E-state index contributed by atoms with van der Waals surface area (Å²) in [6, 6.07) is 0. The minimum Gasteiger partial charge on any atom is -0.358 e. The first-order valence-electron chi connectivity index (χ1n) is 3.11. The van der Waals surface area contributed by atoms with Gasteiger partial charge in [0.15, 0.2) is 0 Å². The monoisotopic (exact) mass is 1060 g/mol. The van der Waals surface area contributed by atoms with Crippen LogP contribution in [-0.4, -0.2) is 0 Å². The van der Waals surface area contributed by atoms with Crippen LogP contribution in [0.15, 0.2) is 0 Å².